The molecule has 1 aromatic carbocycles. The van der Waals surface area contributed by atoms with Gasteiger partial charge in [0.05, 0.1) is 0 Å². The van der Waals surface area contributed by atoms with Gasteiger partial charge in [-0.2, -0.15) is 0 Å². The van der Waals surface area contributed by atoms with Crippen molar-refractivity contribution >= 4 is 23.2 Å². The molecule has 1 aromatic heterocycles. The van der Waals surface area contributed by atoms with Crippen LogP contribution in [0, 0.1) is 0 Å². The van der Waals surface area contributed by atoms with E-state index in [1.54, 1.807) is 6.07 Å². The van der Waals surface area contributed by atoms with Crippen LogP contribution in [-0.2, 0) is 6.42 Å². The van der Waals surface area contributed by atoms with E-state index in [9.17, 15) is 0 Å². The average Bonchev–Trinajstić information content (AvgIpc) is 2.65. The molecule has 2 aromatic rings. The molecular weight excluding hydrogens is 243 g/mol. The predicted octanol–water partition coefficient (Wildman–Crippen LogP) is 4.34. The van der Waals surface area contributed by atoms with E-state index < -0.39 is 0 Å². The first-order chi connectivity index (χ1) is 7.69. The zero-order valence-corrected chi connectivity index (χ0v) is 10.4. The fraction of sp³-hybridized carbons (Fsp3) is 0.250. The normalized spacial score (nSPS) is 10.7. The molecule has 1 heterocycles. The highest BCUT2D eigenvalue weighted by atomic mass is 35.5. The van der Waals surface area contributed by atoms with Gasteiger partial charge in [0, 0.05) is 27.5 Å². The second-order valence-corrected chi connectivity index (χ2v) is 4.54. The average molecular weight is 255 g/mol. The third kappa shape index (κ3) is 2.57. The van der Waals surface area contributed by atoms with Crippen molar-refractivity contribution in [1.82, 2.24) is 9.97 Å². The number of H-pyrrole nitrogens is 1. The van der Waals surface area contributed by atoms with Crippen molar-refractivity contribution < 1.29 is 0 Å². The van der Waals surface area contributed by atoms with Gasteiger partial charge in [0.1, 0.15) is 5.82 Å². The highest BCUT2D eigenvalue weighted by Crippen LogP contribution is 2.25. The van der Waals surface area contributed by atoms with Crippen LogP contribution in [0.3, 0.4) is 0 Å². The van der Waals surface area contributed by atoms with Crippen molar-refractivity contribution in [3.63, 3.8) is 0 Å². The molecule has 2 rings (SSSR count). The molecule has 1 N–H and O–H groups in total. The Morgan fingerprint density at radius 1 is 1.19 bits per heavy atom. The number of aryl methyl sites for hydroxylation is 1. The summed E-state index contributed by atoms with van der Waals surface area (Å²) in [4.78, 5) is 7.57. The van der Waals surface area contributed by atoms with Gasteiger partial charge < -0.3 is 4.98 Å². The van der Waals surface area contributed by atoms with Crippen LogP contribution in [0.5, 0.6) is 0 Å². The number of hydrogen-bond donors (Lipinski definition) is 1. The molecule has 0 bridgehead atoms. The number of nitrogens with zero attached hydrogens (tertiary/aromatic N) is 1. The van der Waals surface area contributed by atoms with E-state index in [1.165, 1.54) is 0 Å². The molecule has 0 unspecified atom stereocenters. The fourth-order valence-corrected chi connectivity index (χ4v) is 2.12. The molecule has 0 radical (unpaired) electrons. The van der Waals surface area contributed by atoms with Crippen LogP contribution in [0.15, 0.2) is 24.4 Å². The van der Waals surface area contributed by atoms with Crippen molar-refractivity contribution in [1.29, 1.82) is 0 Å². The second kappa shape index (κ2) is 4.89. The van der Waals surface area contributed by atoms with Gasteiger partial charge in [0.25, 0.3) is 0 Å². The first-order valence-electron chi connectivity index (χ1n) is 5.19. The molecule has 0 amide bonds. The number of halogens is 2. The Labute approximate surface area is 105 Å². The smallest absolute Gasteiger partial charge is 0.137 e. The van der Waals surface area contributed by atoms with Gasteiger partial charge in [-0.25, -0.2) is 4.98 Å². The molecule has 4 heteroatoms. The molecule has 0 saturated heterocycles. The summed E-state index contributed by atoms with van der Waals surface area (Å²) in [6.45, 7) is 2.14. The molecule has 2 nitrogen and oxygen atoms in total. The number of rotatable bonds is 3. The number of hydrogen-bond acceptors (Lipinski definition) is 1. The monoisotopic (exact) mass is 254 g/mol. The van der Waals surface area contributed by atoms with Gasteiger partial charge in [-0.05, 0) is 24.6 Å². The van der Waals surface area contributed by atoms with Gasteiger partial charge in [0.2, 0.25) is 0 Å². The summed E-state index contributed by atoms with van der Waals surface area (Å²) in [7, 11) is 0. The lowest BCUT2D eigenvalue weighted by molar-refractivity contribution is 0.893. The van der Waals surface area contributed by atoms with Crippen LogP contribution in [0.2, 0.25) is 10.0 Å². The summed E-state index contributed by atoms with van der Waals surface area (Å²) in [5, 5.41) is 1.24. The maximum Gasteiger partial charge on any atom is 0.137 e. The van der Waals surface area contributed by atoms with Crippen LogP contribution < -0.4 is 0 Å². The highest BCUT2D eigenvalue weighted by molar-refractivity contribution is 6.35. The molecule has 16 heavy (non-hydrogen) atoms. The van der Waals surface area contributed by atoms with Crippen LogP contribution >= 0.6 is 23.2 Å². The predicted molar refractivity (Wildman–Crippen MR) is 68.0 cm³/mol. The summed E-state index contributed by atoms with van der Waals surface area (Å²) >= 11 is 11.9. The summed E-state index contributed by atoms with van der Waals surface area (Å²) < 4.78 is 0. The first kappa shape index (κ1) is 11.5. The fourth-order valence-electron chi connectivity index (χ4n) is 1.59. The van der Waals surface area contributed by atoms with E-state index in [-0.39, 0.29) is 0 Å². The van der Waals surface area contributed by atoms with Crippen molar-refractivity contribution in [2.45, 2.75) is 19.8 Å². The molecule has 84 valence electrons. The minimum atomic E-state index is 0.621. The zero-order valence-electron chi connectivity index (χ0n) is 8.93. The Bertz CT molecular complexity index is 471. The Hall–Kier alpha value is -0.990. The Kier molecular flexibility index (Phi) is 3.52. The standard InChI is InChI=1S/C12H12Cl2N2/c1-2-3-11-7-15-12(16-11)8-4-9(13)6-10(14)5-8/h4-7H,2-3H2,1H3,(H,15,16). The Balaban J connectivity index is 2.34. The third-order valence-corrected chi connectivity index (χ3v) is 2.72. The lowest BCUT2D eigenvalue weighted by atomic mass is 10.2. The maximum atomic E-state index is 5.94. The van der Waals surface area contributed by atoms with Crippen LogP contribution in [0.25, 0.3) is 11.4 Å². The minimum Gasteiger partial charge on any atom is -0.342 e. The Morgan fingerprint density at radius 3 is 2.50 bits per heavy atom. The molecule has 0 fully saturated rings. The van der Waals surface area contributed by atoms with E-state index >= 15 is 0 Å². The van der Waals surface area contributed by atoms with E-state index in [0.717, 1.165) is 29.9 Å². The van der Waals surface area contributed by atoms with E-state index in [2.05, 4.69) is 16.9 Å². The van der Waals surface area contributed by atoms with Crippen molar-refractivity contribution in [2.24, 2.45) is 0 Å². The summed E-state index contributed by atoms with van der Waals surface area (Å²) in [6, 6.07) is 5.41. The molecular formula is C12H12Cl2N2. The molecule has 0 aliphatic heterocycles. The van der Waals surface area contributed by atoms with Gasteiger partial charge in [-0.1, -0.05) is 36.5 Å². The number of aromatic nitrogens is 2. The van der Waals surface area contributed by atoms with Crippen LogP contribution in [0.1, 0.15) is 19.0 Å². The van der Waals surface area contributed by atoms with Crippen LogP contribution in [0.4, 0.5) is 0 Å². The number of imidazole rings is 1. The quantitative estimate of drug-likeness (QED) is 0.868. The number of aromatic amines is 1. The number of nitrogens with one attached hydrogen (secondary N) is 1. The third-order valence-electron chi connectivity index (χ3n) is 2.28. The van der Waals surface area contributed by atoms with Gasteiger partial charge in [0.15, 0.2) is 0 Å². The summed E-state index contributed by atoms with van der Waals surface area (Å²) in [5.74, 6) is 0.813. The van der Waals surface area contributed by atoms with E-state index in [1.807, 2.05) is 18.3 Å². The minimum absolute atomic E-state index is 0.621. The molecule has 0 spiro atoms. The Morgan fingerprint density at radius 2 is 1.88 bits per heavy atom. The summed E-state index contributed by atoms with van der Waals surface area (Å²) in [5.41, 5.74) is 2.05. The SMILES string of the molecule is CCCc1cnc(-c2cc(Cl)cc(Cl)c2)[nH]1. The first-order valence-corrected chi connectivity index (χ1v) is 5.95. The number of benzene rings is 1. The van der Waals surface area contributed by atoms with Crippen molar-refractivity contribution in [3.8, 4) is 11.4 Å². The van der Waals surface area contributed by atoms with E-state index in [0.29, 0.717) is 10.0 Å². The summed E-state index contributed by atoms with van der Waals surface area (Å²) in [6.07, 6.45) is 3.95. The van der Waals surface area contributed by atoms with E-state index in [4.69, 9.17) is 23.2 Å². The highest BCUT2D eigenvalue weighted by Gasteiger charge is 2.05. The maximum absolute atomic E-state index is 5.94. The molecule has 0 aliphatic carbocycles. The van der Waals surface area contributed by atoms with Crippen LogP contribution in [-0.4, -0.2) is 9.97 Å². The molecule has 0 atom stereocenters. The van der Waals surface area contributed by atoms with Gasteiger partial charge in [-0.15, -0.1) is 0 Å². The zero-order chi connectivity index (χ0) is 11.5. The van der Waals surface area contributed by atoms with Crippen molar-refractivity contribution in [3.05, 3.63) is 40.1 Å². The molecule has 0 saturated carbocycles. The van der Waals surface area contributed by atoms with Gasteiger partial charge >= 0.3 is 0 Å². The lowest BCUT2D eigenvalue weighted by Crippen LogP contribution is -1.84. The molecule has 0 aliphatic rings. The topological polar surface area (TPSA) is 28.7 Å². The lowest BCUT2D eigenvalue weighted by Gasteiger charge is -1.99. The second-order valence-electron chi connectivity index (χ2n) is 3.67. The van der Waals surface area contributed by atoms with Crippen molar-refractivity contribution in [2.75, 3.05) is 0 Å². The largest absolute Gasteiger partial charge is 0.342 e. The van der Waals surface area contributed by atoms with Gasteiger partial charge in [-0.3, -0.25) is 0 Å².